The average molecular weight is 321 g/mol. The van der Waals surface area contributed by atoms with Gasteiger partial charge >= 0.3 is 0 Å². The van der Waals surface area contributed by atoms with Gasteiger partial charge in [0.15, 0.2) is 0 Å². The number of carbonyl (C=O) groups excluding carboxylic acids is 1. The minimum absolute atomic E-state index is 0.0000463. The molecule has 0 aliphatic carbocycles. The molecule has 1 aromatic heterocycles. The highest BCUT2D eigenvalue weighted by Crippen LogP contribution is 2.32. The molecule has 1 aromatic rings. The number of piperazine rings is 1. The molecule has 2 unspecified atom stereocenters. The van der Waals surface area contributed by atoms with Crippen LogP contribution in [0.5, 0.6) is 0 Å². The van der Waals surface area contributed by atoms with Crippen LogP contribution in [0.1, 0.15) is 37.0 Å². The zero-order chi connectivity index (χ0) is 14.0. The molecule has 19 heavy (non-hydrogen) atoms. The number of rotatable bonds is 3. The molecule has 1 N–H and O–H groups in total. The van der Waals surface area contributed by atoms with E-state index in [1.807, 2.05) is 4.90 Å². The Labute approximate surface area is 127 Å². The quantitative estimate of drug-likeness (QED) is 0.921. The van der Waals surface area contributed by atoms with Crippen LogP contribution in [0.2, 0.25) is 8.67 Å². The predicted octanol–water partition coefficient (Wildman–Crippen LogP) is 3.66. The number of halogens is 2. The van der Waals surface area contributed by atoms with Crippen molar-refractivity contribution in [2.24, 2.45) is 0 Å². The van der Waals surface area contributed by atoms with Gasteiger partial charge in [0.2, 0.25) is 0 Å². The molecule has 1 fully saturated rings. The molecule has 6 heteroatoms. The van der Waals surface area contributed by atoms with Crippen LogP contribution < -0.4 is 5.32 Å². The van der Waals surface area contributed by atoms with Crippen molar-refractivity contribution in [2.45, 2.75) is 38.8 Å². The smallest absolute Gasteiger partial charge is 0.256 e. The molecule has 0 radical (unpaired) electrons. The van der Waals surface area contributed by atoms with Gasteiger partial charge in [0.25, 0.3) is 5.91 Å². The molecule has 0 saturated carbocycles. The highest BCUT2D eigenvalue weighted by Gasteiger charge is 2.31. The van der Waals surface area contributed by atoms with Gasteiger partial charge in [-0.25, -0.2) is 0 Å². The standard InChI is InChI=1S/C13H18Cl2N2OS/c1-3-8-7-17(9(4-2)6-16-8)13(18)10-5-11(14)19-12(10)15/h5,8-9,16H,3-4,6-7H2,1-2H3. The van der Waals surface area contributed by atoms with Crippen LogP contribution in [0.25, 0.3) is 0 Å². The van der Waals surface area contributed by atoms with Gasteiger partial charge in [-0.15, -0.1) is 11.3 Å². The predicted molar refractivity (Wildman–Crippen MR) is 81.5 cm³/mol. The number of hydrogen-bond acceptors (Lipinski definition) is 3. The summed E-state index contributed by atoms with van der Waals surface area (Å²) in [4.78, 5) is 14.6. The maximum Gasteiger partial charge on any atom is 0.256 e. The molecular weight excluding hydrogens is 303 g/mol. The van der Waals surface area contributed by atoms with Crippen LogP contribution >= 0.6 is 34.5 Å². The Morgan fingerprint density at radius 2 is 2.21 bits per heavy atom. The van der Waals surface area contributed by atoms with Gasteiger partial charge in [0.05, 0.1) is 9.90 Å². The van der Waals surface area contributed by atoms with Crippen molar-refractivity contribution in [2.75, 3.05) is 13.1 Å². The maximum absolute atomic E-state index is 12.6. The van der Waals surface area contributed by atoms with E-state index in [1.165, 1.54) is 11.3 Å². The van der Waals surface area contributed by atoms with Crippen molar-refractivity contribution < 1.29 is 4.79 Å². The SMILES string of the molecule is CCC1CN(C(=O)c2cc(Cl)sc2Cl)C(CC)CN1. The zero-order valence-electron chi connectivity index (χ0n) is 11.1. The number of carbonyl (C=O) groups is 1. The van der Waals surface area contributed by atoms with Crippen molar-refractivity contribution in [3.8, 4) is 0 Å². The Kier molecular flexibility index (Phi) is 5.12. The van der Waals surface area contributed by atoms with E-state index in [0.29, 0.717) is 20.3 Å². The van der Waals surface area contributed by atoms with E-state index in [9.17, 15) is 4.79 Å². The van der Waals surface area contributed by atoms with Gasteiger partial charge in [-0.1, -0.05) is 37.0 Å². The Hall–Kier alpha value is -0.290. The fraction of sp³-hybridized carbons (Fsp3) is 0.615. The molecule has 0 spiro atoms. The Bertz CT molecular complexity index is 463. The van der Waals surface area contributed by atoms with E-state index in [4.69, 9.17) is 23.2 Å². The highest BCUT2D eigenvalue weighted by atomic mass is 35.5. The highest BCUT2D eigenvalue weighted by molar-refractivity contribution is 7.20. The van der Waals surface area contributed by atoms with Gasteiger partial charge in [-0.2, -0.15) is 0 Å². The van der Waals surface area contributed by atoms with Crippen LogP contribution in [-0.4, -0.2) is 36.0 Å². The Morgan fingerprint density at radius 3 is 2.74 bits per heavy atom. The molecular formula is C13H18Cl2N2OS. The van der Waals surface area contributed by atoms with Gasteiger partial charge < -0.3 is 10.2 Å². The first-order valence-corrected chi connectivity index (χ1v) is 8.13. The summed E-state index contributed by atoms with van der Waals surface area (Å²) >= 11 is 13.3. The molecule has 0 aromatic carbocycles. The minimum atomic E-state index is -0.0000463. The molecule has 1 aliphatic rings. The van der Waals surface area contributed by atoms with E-state index < -0.39 is 0 Å². The summed E-state index contributed by atoms with van der Waals surface area (Å²) in [6.45, 7) is 5.80. The summed E-state index contributed by atoms with van der Waals surface area (Å²) < 4.78 is 1.04. The molecule has 0 bridgehead atoms. The second kappa shape index (κ2) is 6.44. The first-order valence-electron chi connectivity index (χ1n) is 6.56. The maximum atomic E-state index is 12.6. The summed E-state index contributed by atoms with van der Waals surface area (Å²) in [5.41, 5.74) is 0.534. The van der Waals surface area contributed by atoms with E-state index in [2.05, 4.69) is 19.2 Å². The molecule has 2 rings (SSSR count). The normalized spacial score (nSPS) is 23.7. The summed E-state index contributed by atoms with van der Waals surface area (Å²) in [5, 5.41) is 3.48. The number of nitrogens with one attached hydrogen (secondary N) is 1. The molecule has 3 nitrogen and oxygen atoms in total. The first-order chi connectivity index (χ1) is 9.06. The lowest BCUT2D eigenvalue weighted by Gasteiger charge is -2.40. The molecule has 2 heterocycles. The van der Waals surface area contributed by atoms with Crippen LogP contribution in [0.4, 0.5) is 0 Å². The third kappa shape index (κ3) is 3.24. The second-order valence-electron chi connectivity index (χ2n) is 4.77. The second-order valence-corrected chi connectivity index (χ2v) is 7.06. The lowest BCUT2D eigenvalue weighted by atomic mass is 10.0. The van der Waals surface area contributed by atoms with Gasteiger partial charge in [-0.3, -0.25) is 4.79 Å². The van der Waals surface area contributed by atoms with Crippen LogP contribution in [0.3, 0.4) is 0 Å². The number of hydrogen-bond donors (Lipinski definition) is 1. The number of nitrogens with zero attached hydrogens (tertiary/aromatic N) is 1. The summed E-state index contributed by atoms with van der Waals surface area (Å²) in [5.74, 6) is -0.0000463. The summed E-state index contributed by atoms with van der Waals surface area (Å²) in [6, 6.07) is 2.26. The summed E-state index contributed by atoms with van der Waals surface area (Å²) in [7, 11) is 0. The lowest BCUT2D eigenvalue weighted by Crippen LogP contribution is -2.57. The number of amides is 1. The Morgan fingerprint density at radius 1 is 1.47 bits per heavy atom. The molecule has 1 saturated heterocycles. The third-order valence-electron chi connectivity index (χ3n) is 3.61. The fourth-order valence-corrected chi connectivity index (χ4v) is 3.84. The largest absolute Gasteiger partial charge is 0.333 e. The molecule has 1 aliphatic heterocycles. The minimum Gasteiger partial charge on any atom is -0.333 e. The monoisotopic (exact) mass is 320 g/mol. The van der Waals surface area contributed by atoms with Gasteiger partial charge in [-0.05, 0) is 18.9 Å². The Balaban J connectivity index is 2.21. The van der Waals surface area contributed by atoms with Crippen molar-refractivity contribution in [3.63, 3.8) is 0 Å². The molecule has 106 valence electrons. The van der Waals surface area contributed by atoms with Crippen LogP contribution in [0.15, 0.2) is 6.07 Å². The van der Waals surface area contributed by atoms with E-state index >= 15 is 0 Å². The zero-order valence-corrected chi connectivity index (χ0v) is 13.4. The third-order valence-corrected chi connectivity index (χ3v) is 5.10. The van der Waals surface area contributed by atoms with Crippen molar-refractivity contribution in [3.05, 3.63) is 20.3 Å². The van der Waals surface area contributed by atoms with Crippen molar-refractivity contribution in [1.29, 1.82) is 0 Å². The first kappa shape index (κ1) is 15.1. The molecule has 1 amide bonds. The van der Waals surface area contributed by atoms with E-state index in [0.717, 1.165) is 25.9 Å². The van der Waals surface area contributed by atoms with Crippen LogP contribution in [0, 0.1) is 0 Å². The average Bonchev–Trinajstić information content (AvgIpc) is 2.76. The van der Waals surface area contributed by atoms with Gasteiger partial charge in [0, 0.05) is 25.2 Å². The summed E-state index contributed by atoms with van der Waals surface area (Å²) in [6.07, 6.45) is 1.95. The van der Waals surface area contributed by atoms with Gasteiger partial charge in [0.1, 0.15) is 4.34 Å². The fourth-order valence-electron chi connectivity index (χ4n) is 2.39. The molecule has 2 atom stereocenters. The van der Waals surface area contributed by atoms with E-state index in [-0.39, 0.29) is 11.9 Å². The van der Waals surface area contributed by atoms with E-state index in [1.54, 1.807) is 6.07 Å². The van der Waals surface area contributed by atoms with Crippen LogP contribution in [-0.2, 0) is 0 Å². The van der Waals surface area contributed by atoms with Crippen molar-refractivity contribution in [1.82, 2.24) is 10.2 Å². The lowest BCUT2D eigenvalue weighted by molar-refractivity contribution is 0.0576. The number of thiophene rings is 1. The van der Waals surface area contributed by atoms with Crippen molar-refractivity contribution >= 4 is 40.4 Å². The topological polar surface area (TPSA) is 32.3 Å².